The van der Waals surface area contributed by atoms with Gasteiger partial charge in [0.25, 0.3) is 5.89 Å². The Hall–Kier alpha value is -3.28. The minimum Gasteiger partial charge on any atom is -0.334 e. The number of nitrogens with zero attached hydrogens (tertiary/aromatic N) is 3. The van der Waals surface area contributed by atoms with Crippen LogP contribution < -0.4 is 0 Å². The van der Waals surface area contributed by atoms with Crippen LogP contribution in [0.15, 0.2) is 52.0 Å². The lowest BCUT2D eigenvalue weighted by molar-refractivity contribution is -0.117. The summed E-state index contributed by atoms with van der Waals surface area (Å²) < 4.78 is 69.8. The maximum absolute atomic E-state index is 13.7. The van der Waals surface area contributed by atoms with E-state index in [1.807, 2.05) is 0 Å². The van der Waals surface area contributed by atoms with Gasteiger partial charge in [-0.05, 0) is 54.8 Å². The van der Waals surface area contributed by atoms with Gasteiger partial charge in [0.1, 0.15) is 5.78 Å². The number of aromatic nitrogens is 3. The summed E-state index contributed by atoms with van der Waals surface area (Å²) in [5, 5.41) is 4.54. The van der Waals surface area contributed by atoms with Crippen molar-refractivity contribution in [2.24, 2.45) is 0 Å². The molecule has 13 heteroatoms. The predicted octanol–water partition coefficient (Wildman–Crippen LogP) is 6.08. The zero-order valence-corrected chi connectivity index (χ0v) is 23.2. The normalized spacial score (nSPS) is 14.3. The molecule has 7 nitrogen and oxygen atoms in total. The fourth-order valence-electron chi connectivity index (χ4n) is 4.47. The highest BCUT2D eigenvalue weighted by molar-refractivity contribution is 7.91. The number of sulfone groups is 1. The molecule has 1 aliphatic carbocycles. The average molecular weight is 610 g/mol. The van der Waals surface area contributed by atoms with Gasteiger partial charge in [0, 0.05) is 45.9 Å². The summed E-state index contributed by atoms with van der Waals surface area (Å²) in [6.45, 7) is 1.54. The molecule has 0 unspecified atom stereocenters. The third-order valence-corrected chi connectivity index (χ3v) is 9.05. The molecule has 1 aliphatic rings. The van der Waals surface area contributed by atoms with Crippen molar-refractivity contribution < 1.29 is 30.9 Å². The minimum atomic E-state index is -3.39. The molecule has 0 N–H and O–H groups in total. The van der Waals surface area contributed by atoms with Crippen LogP contribution in [0.5, 0.6) is 0 Å². The molecular weight excluding hydrogens is 590 g/mol. The van der Waals surface area contributed by atoms with E-state index < -0.39 is 32.7 Å². The molecule has 1 saturated carbocycles. The summed E-state index contributed by atoms with van der Waals surface area (Å²) in [5.41, 5.74) is 0.619. The number of halogens is 5. The molecule has 40 heavy (non-hydrogen) atoms. The number of hydrogen-bond acceptors (Lipinski definition) is 7. The highest BCUT2D eigenvalue weighted by Gasteiger charge is 2.52. The Morgan fingerprint density at radius 2 is 1.68 bits per heavy atom. The van der Waals surface area contributed by atoms with Gasteiger partial charge in [-0.2, -0.15) is 4.98 Å². The lowest BCUT2D eigenvalue weighted by Crippen LogP contribution is -2.14. The quantitative estimate of drug-likeness (QED) is 0.212. The van der Waals surface area contributed by atoms with Gasteiger partial charge in [0.05, 0.1) is 16.1 Å². The number of carbonyl (C=O) groups excluding carboxylic acids is 1. The molecule has 0 amide bonds. The van der Waals surface area contributed by atoms with E-state index in [0.29, 0.717) is 29.7 Å². The van der Waals surface area contributed by atoms with Crippen LogP contribution in [0.3, 0.4) is 0 Å². The summed E-state index contributed by atoms with van der Waals surface area (Å²) in [6.07, 6.45) is 2.39. The molecule has 0 saturated heterocycles. The lowest BCUT2D eigenvalue weighted by Gasteiger charge is -2.16. The first kappa shape index (κ1) is 28.3. The predicted molar refractivity (Wildman–Crippen MR) is 140 cm³/mol. The Labute approximate surface area is 237 Å². The van der Waals surface area contributed by atoms with Crippen LogP contribution in [0.4, 0.5) is 13.2 Å². The van der Waals surface area contributed by atoms with Crippen molar-refractivity contribution in [3.8, 4) is 11.5 Å². The van der Waals surface area contributed by atoms with Crippen LogP contribution in [-0.4, -0.2) is 35.1 Å². The third-order valence-electron chi connectivity index (χ3n) is 6.73. The molecule has 1 fully saturated rings. The average Bonchev–Trinajstić information content (AvgIpc) is 3.52. The SMILES string of the molecule is CCS(=O)(=O)c1ccc(CC(=O)Cc2cc(Cl)c(C3(c4noc(-c5cc(F)c(F)c(F)c5)n4)CC3)c(Cl)c2)nc1. The summed E-state index contributed by atoms with van der Waals surface area (Å²) >= 11 is 13.2. The highest BCUT2D eigenvalue weighted by Crippen LogP contribution is 2.56. The van der Waals surface area contributed by atoms with Crippen LogP contribution in [0.2, 0.25) is 10.0 Å². The van der Waals surface area contributed by atoms with Crippen LogP contribution >= 0.6 is 23.2 Å². The number of hydrogen-bond donors (Lipinski definition) is 0. The van der Waals surface area contributed by atoms with E-state index >= 15 is 0 Å². The Kier molecular flexibility index (Phi) is 7.49. The second kappa shape index (κ2) is 10.6. The first-order valence-electron chi connectivity index (χ1n) is 12.1. The number of carbonyl (C=O) groups is 1. The number of rotatable bonds is 9. The van der Waals surface area contributed by atoms with Gasteiger partial charge in [-0.15, -0.1) is 0 Å². The van der Waals surface area contributed by atoms with E-state index in [1.165, 1.54) is 25.3 Å². The summed E-state index contributed by atoms with van der Waals surface area (Å²) in [6, 6.07) is 7.70. The zero-order valence-electron chi connectivity index (χ0n) is 20.8. The van der Waals surface area contributed by atoms with Crippen molar-refractivity contribution in [2.45, 2.75) is 42.9 Å². The first-order chi connectivity index (χ1) is 18.9. The van der Waals surface area contributed by atoms with Crippen molar-refractivity contribution in [3.05, 3.63) is 92.7 Å². The number of ketones is 1. The lowest BCUT2D eigenvalue weighted by atomic mass is 9.92. The smallest absolute Gasteiger partial charge is 0.258 e. The van der Waals surface area contributed by atoms with E-state index in [2.05, 4.69) is 15.1 Å². The molecule has 0 bridgehead atoms. The van der Waals surface area contributed by atoms with Crippen molar-refractivity contribution in [1.82, 2.24) is 15.1 Å². The van der Waals surface area contributed by atoms with E-state index in [9.17, 15) is 26.4 Å². The summed E-state index contributed by atoms with van der Waals surface area (Å²) in [4.78, 5) is 21.2. The molecule has 0 aliphatic heterocycles. The fraction of sp³-hybridized carbons (Fsp3) is 0.259. The summed E-state index contributed by atoms with van der Waals surface area (Å²) in [5.74, 6) is -4.58. The highest BCUT2D eigenvalue weighted by atomic mass is 35.5. The van der Waals surface area contributed by atoms with Gasteiger partial charge >= 0.3 is 0 Å². The van der Waals surface area contributed by atoms with Crippen molar-refractivity contribution in [1.29, 1.82) is 0 Å². The molecular formula is C27H20Cl2F3N3O4S. The van der Waals surface area contributed by atoms with Gasteiger partial charge < -0.3 is 4.52 Å². The second-order valence-electron chi connectivity index (χ2n) is 9.47. The largest absolute Gasteiger partial charge is 0.334 e. The number of pyridine rings is 1. The van der Waals surface area contributed by atoms with Crippen LogP contribution in [0.1, 0.15) is 42.4 Å². The molecule has 4 aromatic rings. The molecule has 2 aromatic carbocycles. The molecule has 208 valence electrons. The molecule has 0 atom stereocenters. The van der Waals surface area contributed by atoms with Crippen molar-refractivity contribution >= 4 is 38.8 Å². The third kappa shape index (κ3) is 5.37. The van der Waals surface area contributed by atoms with E-state index in [1.54, 1.807) is 12.1 Å². The number of Topliss-reactive ketones (excluding diaryl/α,β-unsaturated/α-hetero) is 1. The first-order valence-corrected chi connectivity index (χ1v) is 14.5. The van der Waals surface area contributed by atoms with Crippen LogP contribution in [0.25, 0.3) is 11.5 Å². The minimum absolute atomic E-state index is 0.0103. The molecule has 0 radical (unpaired) electrons. The fourth-order valence-corrected chi connectivity index (χ4v) is 6.18. The van der Waals surface area contributed by atoms with E-state index in [0.717, 1.165) is 12.1 Å². The van der Waals surface area contributed by atoms with Gasteiger partial charge in [-0.25, -0.2) is 21.6 Å². The number of benzene rings is 2. The van der Waals surface area contributed by atoms with Crippen LogP contribution in [0, 0.1) is 17.5 Å². The Balaban J connectivity index is 1.34. The van der Waals surface area contributed by atoms with Crippen LogP contribution in [-0.2, 0) is 32.9 Å². The Bertz CT molecular complexity index is 1690. The maximum atomic E-state index is 13.7. The maximum Gasteiger partial charge on any atom is 0.258 e. The Morgan fingerprint density at radius 3 is 2.23 bits per heavy atom. The molecule has 5 rings (SSSR count). The van der Waals surface area contributed by atoms with Crippen molar-refractivity contribution in [3.63, 3.8) is 0 Å². The van der Waals surface area contributed by atoms with E-state index in [-0.39, 0.29) is 56.6 Å². The topological polar surface area (TPSA) is 103 Å². The van der Waals surface area contributed by atoms with Crippen molar-refractivity contribution in [2.75, 3.05) is 5.75 Å². The van der Waals surface area contributed by atoms with Gasteiger partial charge in [0.2, 0.25) is 0 Å². The molecule has 2 heterocycles. The zero-order chi connectivity index (χ0) is 28.8. The van der Waals surface area contributed by atoms with Gasteiger partial charge in [-0.1, -0.05) is 35.3 Å². The van der Waals surface area contributed by atoms with Gasteiger partial charge in [0.15, 0.2) is 33.1 Å². The molecule has 2 aromatic heterocycles. The standard InChI is InChI=1S/C27H20Cl2F3N3O4S/c1-2-40(37,38)18-4-3-16(33-13-18)12-17(36)7-14-8-19(28)23(20(29)9-14)27(5-6-27)26-34-25(39-35-26)15-10-21(30)24(32)22(31)11-15/h3-4,8-11,13H,2,5-7,12H2,1H3. The monoisotopic (exact) mass is 609 g/mol. The van der Waals surface area contributed by atoms with E-state index in [4.69, 9.17) is 27.7 Å². The second-order valence-corrected chi connectivity index (χ2v) is 12.6. The Morgan fingerprint density at radius 1 is 1.02 bits per heavy atom. The van der Waals surface area contributed by atoms with Gasteiger partial charge in [-0.3, -0.25) is 9.78 Å². The summed E-state index contributed by atoms with van der Waals surface area (Å²) in [7, 11) is -3.39. The molecule has 0 spiro atoms.